The highest BCUT2D eigenvalue weighted by Gasteiger charge is 2.32. The maximum Gasteiger partial charge on any atom is 0.309 e. The van der Waals surface area contributed by atoms with Crippen molar-refractivity contribution >= 4 is 5.97 Å². The van der Waals surface area contributed by atoms with E-state index in [4.69, 9.17) is 10.8 Å². The van der Waals surface area contributed by atoms with Crippen molar-refractivity contribution in [2.75, 3.05) is 13.1 Å². The van der Waals surface area contributed by atoms with Gasteiger partial charge in [0.05, 0.1) is 5.92 Å². The van der Waals surface area contributed by atoms with E-state index in [1.807, 2.05) is 0 Å². The predicted molar refractivity (Wildman–Crippen MR) is 50.4 cm³/mol. The van der Waals surface area contributed by atoms with Gasteiger partial charge in [0.15, 0.2) is 0 Å². The highest BCUT2D eigenvalue weighted by molar-refractivity contribution is 5.71. The van der Waals surface area contributed by atoms with Crippen LogP contribution in [0.3, 0.4) is 0 Å². The molecule has 1 aliphatic heterocycles. The van der Waals surface area contributed by atoms with Crippen molar-refractivity contribution in [3.8, 4) is 0 Å². The summed E-state index contributed by atoms with van der Waals surface area (Å²) in [5.41, 5.74) is 5.73. The Hall–Kier alpha value is -0.610. The lowest BCUT2D eigenvalue weighted by Crippen LogP contribution is -2.52. The van der Waals surface area contributed by atoms with E-state index < -0.39 is 11.9 Å². The summed E-state index contributed by atoms with van der Waals surface area (Å²) in [4.78, 5) is 13.0. The fourth-order valence-electron chi connectivity index (χ4n) is 1.73. The Kier molecular flexibility index (Phi) is 3.27. The molecule has 0 spiro atoms. The van der Waals surface area contributed by atoms with Crippen LogP contribution in [-0.2, 0) is 4.79 Å². The zero-order valence-electron chi connectivity index (χ0n) is 8.23. The number of likely N-dealkylation sites (tertiary alicyclic amines) is 1. The molecule has 0 aromatic rings. The highest BCUT2D eigenvalue weighted by atomic mass is 16.4. The van der Waals surface area contributed by atoms with Crippen molar-refractivity contribution in [3.63, 3.8) is 0 Å². The zero-order chi connectivity index (χ0) is 10.0. The Morgan fingerprint density at radius 3 is 2.69 bits per heavy atom. The Labute approximate surface area is 78.7 Å². The van der Waals surface area contributed by atoms with Gasteiger partial charge in [0.25, 0.3) is 0 Å². The van der Waals surface area contributed by atoms with E-state index in [-0.39, 0.29) is 6.04 Å². The number of carboxylic acids is 1. The van der Waals surface area contributed by atoms with Gasteiger partial charge in [-0.25, -0.2) is 0 Å². The molecule has 1 heterocycles. The molecule has 13 heavy (non-hydrogen) atoms. The average Bonchev–Trinajstić information content (AvgIpc) is 2.04. The molecular weight excluding hydrogens is 168 g/mol. The molecule has 0 radical (unpaired) electrons. The van der Waals surface area contributed by atoms with E-state index in [1.165, 1.54) is 0 Å². The Morgan fingerprint density at radius 1 is 1.62 bits per heavy atom. The van der Waals surface area contributed by atoms with Crippen LogP contribution in [0.15, 0.2) is 0 Å². The van der Waals surface area contributed by atoms with Gasteiger partial charge in [0.2, 0.25) is 0 Å². The van der Waals surface area contributed by atoms with Gasteiger partial charge in [-0.05, 0) is 26.8 Å². The first kappa shape index (κ1) is 10.5. The van der Waals surface area contributed by atoms with Gasteiger partial charge in [-0.1, -0.05) is 0 Å². The number of hydrogen-bond donors (Lipinski definition) is 2. The standard InChI is InChI=1S/C9H18N2O2/c1-6(2)11-4-3-8(10)7(5-11)9(12)13/h6-8H,3-5,10H2,1-2H3,(H,12,13)/t7-,8-/m1/s1. The van der Waals surface area contributed by atoms with Gasteiger partial charge in [-0.15, -0.1) is 0 Å². The van der Waals surface area contributed by atoms with Crippen molar-refractivity contribution in [1.29, 1.82) is 0 Å². The third-order valence-electron chi connectivity index (χ3n) is 2.75. The van der Waals surface area contributed by atoms with E-state index in [0.29, 0.717) is 12.6 Å². The monoisotopic (exact) mass is 186 g/mol. The Balaban J connectivity index is 2.58. The molecule has 1 rings (SSSR count). The van der Waals surface area contributed by atoms with Gasteiger partial charge in [0.1, 0.15) is 0 Å². The predicted octanol–water partition coefficient (Wildman–Crippen LogP) is 0.129. The van der Waals surface area contributed by atoms with Gasteiger partial charge in [0, 0.05) is 18.6 Å². The number of carboxylic acid groups (broad SMARTS) is 1. The number of rotatable bonds is 2. The summed E-state index contributed by atoms with van der Waals surface area (Å²) >= 11 is 0. The van der Waals surface area contributed by atoms with E-state index in [1.54, 1.807) is 0 Å². The van der Waals surface area contributed by atoms with Crippen LogP contribution in [0.1, 0.15) is 20.3 Å². The molecule has 1 aliphatic rings. The van der Waals surface area contributed by atoms with E-state index >= 15 is 0 Å². The van der Waals surface area contributed by atoms with Gasteiger partial charge < -0.3 is 10.8 Å². The van der Waals surface area contributed by atoms with Crippen LogP contribution >= 0.6 is 0 Å². The number of nitrogens with zero attached hydrogens (tertiary/aromatic N) is 1. The fourth-order valence-corrected chi connectivity index (χ4v) is 1.73. The second-order valence-corrected chi connectivity index (χ2v) is 3.99. The van der Waals surface area contributed by atoms with Gasteiger partial charge in [-0.3, -0.25) is 9.69 Å². The second-order valence-electron chi connectivity index (χ2n) is 3.99. The molecule has 3 N–H and O–H groups in total. The van der Waals surface area contributed by atoms with Gasteiger partial charge in [-0.2, -0.15) is 0 Å². The molecule has 0 saturated carbocycles. The summed E-state index contributed by atoms with van der Waals surface area (Å²) in [6.45, 7) is 5.67. The molecule has 1 saturated heterocycles. The van der Waals surface area contributed by atoms with Crippen LogP contribution in [0.4, 0.5) is 0 Å². The van der Waals surface area contributed by atoms with Crippen molar-refractivity contribution in [2.45, 2.75) is 32.4 Å². The van der Waals surface area contributed by atoms with Crippen LogP contribution in [0.25, 0.3) is 0 Å². The average molecular weight is 186 g/mol. The first-order valence-electron chi connectivity index (χ1n) is 4.74. The largest absolute Gasteiger partial charge is 0.481 e. The van der Waals surface area contributed by atoms with Crippen LogP contribution < -0.4 is 5.73 Å². The van der Waals surface area contributed by atoms with Crippen molar-refractivity contribution in [2.24, 2.45) is 11.7 Å². The SMILES string of the molecule is CC(C)N1CC[C@@H](N)[C@H](C(=O)O)C1. The van der Waals surface area contributed by atoms with Crippen LogP contribution in [0.2, 0.25) is 0 Å². The van der Waals surface area contributed by atoms with E-state index in [0.717, 1.165) is 13.0 Å². The highest BCUT2D eigenvalue weighted by Crippen LogP contribution is 2.17. The summed E-state index contributed by atoms with van der Waals surface area (Å²) in [5.74, 6) is -1.16. The van der Waals surface area contributed by atoms with Crippen molar-refractivity contribution < 1.29 is 9.90 Å². The minimum Gasteiger partial charge on any atom is -0.481 e. The summed E-state index contributed by atoms with van der Waals surface area (Å²) < 4.78 is 0. The minimum atomic E-state index is -0.766. The van der Waals surface area contributed by atoms with E-state index in [9.17, 15) is 4.79 Å². The molecular formula is C9H18N2O2. The molecule has 4 heteroatoms. The molecule has 0 amide bonds. The minimum absolute atomic E-state index is 0.174. The lowest BCUT2D eigenvalue weighted by molar-refractivity contribution is -0.144. The molecule has 0 unspecified atom stereocenters. The van der Waals surface area contributed by atoms with Crippen molar-refractivity contribution in [1.82, 2.24) is 4.90 Å². The third kappa shape index (κ3) is 2.42. The number of nitrogens with two attached hydrogens (primary N) is 1. The molecule has 1 fully saturated rings. The lowest BCUT2D eigenvalue weighted by Gasteiger charge is -2.37. The number of hydrogen-bond acceptors (Lipinski definition) is 3. The maximum atomic E-state index is 10.8. The summed E-state index contributed by atoms with van der Waals surface area (Å²) in [7, 11) is 0. The second kappa shape index (κ2) is 4.07. The number of aliphatic carboxylic acids is 1. The van der Waals surface area contributed by atoms with E-state index in [2.05, 4.69) is 18.7 Å². The molecule has 0 aromatic carbocycles. The van der Waals surface area contributed by atoms with Crippen molar-refractivity contribution in [3.05, 3.63) is 0 Å². The number of carbonyl (C=O) groups is 1. The normalized spacial score (nSPS) is 30.8. The summed E-state index contributed by atoms with van der Waals surface area (Å²) in [6, 6.07) is 0.238. The third-order valence-corrected chi connectivity index (χ3v) is 2.75. The summed E-state index contributed by atoms with van der Waals surface area (Å²) in [5, 5.41) is 8.90. The van der Waals surface area contributed by atoms with Crippen LogP contribution in [0.5, 0.6) is 0 Å². The summed E-state index contributed by atoms with van der Waals surface area (Å²) in [6.07, 6.45) is 0.787. The zero-order valence-corrected chi connectivity index (χ0v) is 8.23. The smallest absolute Gasteiger partial charge is 0.309 e. The molecule has 0 aromatic heterocycles. The first-order chi connectivity index (χ1) is 6.02. The van der Waals surface area contributed by atoms with Crippen LogP contribution in [-0.4, -0.2) is 41.1 Å². The van der Waals surface area contributed by atoms with Crippen LogP contribution in [0, 0.1) is 5.92 Å². The van der Waals surface area contributed by atoms with Gasteiger partial charge >= 0.3 is 5.97 Å². The molecule has 2 atom stereocenters. The fraction of sp³-hybridized carbons (Fsp3) is 0.889. The molecule has 0 aliphatic carbocycles. The Bertz CT molecular complexity index is 194. The topological polar surface area (TPSA) is 66.6 Å². The quantitative estimate of drug-likeness (QED) is 0.643. The Morgan fingerprint density at radius 2 is 2.23 bits per heavy atom. The number of piperidine rings is 1. The maximum absolute atomic E-state index is 10.8. The first-order valence-corrected chi connectivity index (χ1v) is 4.74. The molecule has 4 nitrogen and oxygen atoms in total. The lowest BCUT2D eigenvalue weighted by atomic mass is 9.92. The molecule has 76 valence electrons. The molecule has 0 bridgehead atoms.